The predicted molar refractivity (Wildman–Crippen MR) is 69.5 cm³/mol. The van der Waals surface area contributed by atoms with Gasteiger partial charge < -0.3 is 10.0 Å². The Kier molecular flexibility index (Phi) is 4.78. The van der Waals surface area contributed by atoms with Crippen molar-refractivity contribution >= 4 is 18.7 Å². The molecule has 0 aromatic heterocycles. The van der Waals surface area contributed by atoms with Gasteiger partial charge in [0.2, 0.25) is 0 Å². The molecule has 0 aliphatic carbocycles. The van der Waals surface area contributed by atoms with Crippen molar-refractivity contribution in [3.8, 4) is 0 Å². The third-order valence-corrected chi connectivity index (χ3v) is 2.87. The second-order valence-corrected chi connectivity index (χ2v) is 4.20. The van der Waals surface area contributed by atoms with E-state index in [-0.39, 0.29) is 0 Å². The molecule has 0 aliphatic rings. The molecular weight excluding hydrogens is 199 g/mol. The Hall–Kier alpha value is -1.06. The highest BCUT2D eigenvalue weighted by atomic mass is 16.4. The smallest absolute Gasteiger partial charge is 0.423 e. The van der Waals surface area contributed by atoms with Gasteiger partial charge in [0.15, 0.2) is 0 Å². The van der Waals surface area contributed by atoms with Crippen molar-refractivity contribution in [2.75, 3.05) is 0 Å². The molecule has 86 valence electrons. The average molecular weight is 218 g/mol. The van der Waals surface area contributed by atoms with Crippen molar-refractivity contribution < 1.29 is 10.0 Å². The molecule has 0 spiro atoms. The van der Waals surface area contributed by atoms with E-state index in [1.807, 2.05) is 25.1 Å². The van der Waals surface area contributed by atoms with Gasteiger partial charge in [-0.2, -0.15) is 0 Å². The van der Waals surface area contributed by atoms with Gasteiger partial charge in [-0.1, -0.05) is 50.6 Å². The van der Waals surface area contributed by atoms with Crippen molar-refractivity contribution in [1.82, 2.24) is 0 Å². The maximum absolute atomic E-state index is 9.27. The van der Waals surface area contributed by atoms with Crippen molar-refractivity contribution in [3.63, 3.8) is 0 Å². The first-order valence-corrected chi connectivity index (χ1v) is 5.70. The zero-order valence-electron chi connectivity index (χ0n) is 10.1. The van der Waals surface area contributed by atoms with E-state index in [9.17, 15) is 10.0 Å². The second-order valence-electron chi connectivity index (χ2n) is 4.20. The van der Waals surface area contributed by atoms with E-state index in [0.29, 0.717) is 11.4 Å². The van der Waals surface area contributed by atoms with Crippen LogP contribution < -0.4 is 5.46 Å². The SMILES string of the molecule is CCC(C)/C=C\c1c(C)cccc1B(O)O. The van der Waals surface area contributed by atoms with Crippen molar-refractivity contribution in [2.45, 2.75) is 27.2 Å². The monoisotopic (exact) mass is 218 g/mol. The lowest BCUT2D eigenvalue weighted by atomic mass is 9.75. The summed E-state index contributed by atoms with van der Waals surface area (Å²) in [6.45, 7) is 6.25. The molecule has 2 nitrogen and oxygen atoms in total. The number of hydrogen-bond donors (Lipinski definition) is 2. The molecule has 0 heterocycles. The van der Waals surface area contributed by atoms with Gasteiger partial charge in [-0.3, -0.25) is 0 Å². The highest BCUT2D eigenvalue weighted by Gasteiger charge is 2.15. The molecule has 1 unspecified atom stereocenters. The van der Waals surface area contributed by atoms with Crippen LogP contribution in [0, 0.1) is 12.8 Å². The Labute approximate surface area is 97.8 Å². The predicted octanol–water partition coefficient (Wildman–Crippen LogP) is 1.73. The summed E-state index contributed by atoms with van der Waals surface area (Å²) in [5.41, 5.74) is 2.54. The first-order valence-electron chi connectivity index (χ1n) is 5.70. The van der Waals surface area contributed by atoms with Gasteiger partial charge in [-0.25, -0.2) is 0 Å². The minimum Gasteiger partial charge on any atom is -0.423 e. The summed E-state index contributed by atoms with van der Waals surface area (Å²) in [4.78, 5) is 0. The molecule has 1 aromatic carbocycles. The van der Waals surface area contributed by atoms with Crippen LogP contribution in [0.4, 0.5) is 0 Å². The third kappa shape index (κ3) is 3.22. The molecule has 0 aliphatic heterocycles. The largest absolute Gasteiger partial charge is 0.489 e. The molecule has 16 heavy (non-hydrogen) atoms. The van der Waals surface area contributed by atoms with Crippen LogP contribution in [0.1, 0.15) is 31.4 Å². The van der Waals surface area contributed by atoms with Gasteiger partial charge in [-0.15, -0.1) is 0 Å². The summed E-state index contributed by atoms with van der Waals surface area (Å²) in [5, 5.41) is 18.5. The van der Waals surface area contributed by atoms with Gasteiger partial charge in [0.05, 0.1) is 0 Å². The Morgan fingerprint density at radius 2 is 2.06 bits per heavy atom. The van der Waals surface area contributed by atoms with Gasteiger partial charge in [0, 0.05) is 0 Å². The van der Waals surface area contributed by atoms with Crippen LogP contribution >= 0.6 is 0 Å². The van der Waals surface area contributed by atoms with E-state index in [0.717, 1.165) is 17.5 Å². The van der Waals surface area contributed by atoms with Crippen LogP contribution in [0.25, 0.3) is 6.08 Å². The standard InChI is InChI=1S/C13H19BO2/c1-4-10(2)8-9-12-11(3)6-5-7-13(12)14(15)16/h5-10,15-16H,4H2,1-3H3/b9-8-. The number of hydrogen-bond acceptors (Lipinski definition) is 2. The van der Waals surface area contributed by atoms with Crippen LogP contribution in [-0.4, -0.2) is 17.2 Å². The lowest BCUT2D eigenvalue weighted by Gasteiger charge is -2.09. The molecule has 0 saturated heterocycles. The third-order valence-electron chi connectivity index (χ3n) is 2.87. The Balaban J connectivity index is 3.06. The number of rotatable bonds is 4. The lowest BCUT2D eigenvalue weighted by molar-refractivity contribution is 0.425. The quantitative estimate of drug-likeness (QED) is 0.755. The number of benzene rings is 1. The molecule has 1 rings (SSSR count). The van der Waals surface area contributed by atoms with Gasteiger partial charge in [0.25, 0.3) is 0 Å². The summed E-state index contributed by atoms with van der Waals surface area (Å²) in [7, 11) is -1.41. The van der Waals surface area contributed by atoms with E-state index in [4.69, 9.17) is 0 Å². The molecule has 0 bridgehead atoms. The Morgan fingerprint density at radius 3 is 2.62 bits per heavy atom. The molecule has 0 amide bonds. The second kappa shape index (κ2) is 5.87. The highest BCUT2D eigenvalue weighted by Crippen LogP contribution is 2.11. The Bertz CT molecular complexity index is 372. The zero-order chi connectivity index (χ0) is 12.1. The molecule has 1 aromatic rings. The van der Waals surface area contributed by atoms with Gasteiger partial charge in [-0.05, 0) is 29.4 Å². The maximum atomic E-state index is 9.27. The summed E-state index contributed by atoms with van der Waals surface area (Å²) >= 11 is 0. The molecular formula is C13H19BO2. The molecule has 2 N–H and O–H groups in total. The topological polar surface area (TPSA) is 40.5 Å². The Morgan fingerprint density at radius 1 is 1.38 bits per heavy atom. The number of allylic oxidation sites excluding steroid dienone is 1. The zero-order valence-corrected chi connectivity index (χ0v) is 10.1. The fraction of sp³-hybridized carbons (Fsp3) is 0.385. The minimum atomic E-state index is -1.41. The van der Waals surface area contributed by atoms with E-state index in [1.165, 1.54) is 0 Å². The first-order chi connectivity index (χ1) is 7.56. The fourth-order valence-corrected chi connectivity index (χ4v) is 1.55. The molecule has 3 heteroatoms. The normalized spacial score (nSPS) is 13.1. The van der Waals surface area contributed by atoms with Crippen LogP contribution in [0.2, 0.25) is 0 Å². The van der Waals surface area contributed by atoms with Gasteiger partial charge >= 0.3 is 7.12 Å². The molecule has 0 fully saturated rings. The van der Waals surface area contributed by atoms with Crippen LogP contribution in [0.3, 0.4) is 0 Å². The van der Waals surface area contributed by atoms with Crippen molar-refractivity contribution in [1.29, 1.82) is 0 Å². The fourth-order valence-electron chi connectivity index (χ4n) is 1.55. The highest BCUT2D eigenvalue weighted by molar-refractivity contribution is 6.59. The van der Waals surface area contributed by atoms with E-state index in [1.54, 1.807) is 6.07 Å². The molecule has 0 saturated carbocycles. The van der Waals surface area contributed by atoms with E-state index < -0.39 is 7.12 Å². The summed E-state index contributed by atoms with van der Waals surface area (Å²) in [6, 6.07) is 5.56. The van der Waals surface area contributed by atoms with E-state index >= 15 is 0 Å². The summed E-state index contributed by atoms with van der Waals surface area (Å²) < 4.78 is 0. The summed E-state index contributed by atoms with van der Waals surface area (Å²) in [5.74, 6) is 0.503. The molecule has 1 atom stereocenters. The lowest BCUT2D eigenvalue weighted by Crippen LogP contribution is -2.32. The van der Waals surface area contributed by atoms with Crippen molar-refractivity contribution in [2.24, 2.45) is 5.92 Å². The number of aryl methyl sites for hydroxylation is 1. The van der Waals surface area contributed by atoms with Crippen LogP contribution in [0.15, 0.2) is 24.3 Å². The molecule has 0 radical (unpaired) electrons. The van der Waals surface area contributed by atoms with Crippen LogP contribution in [-0.2, 0) is 0 Å². The minimum absolute atomic E-state index is 0.503. The summed E-state index contributed by atoms with van der Waals surface area (Å²) in [6.07, 6.45) is 5.17. The first kappa shape index (κ1) is 13.0. The van der Waals surface area contributed by atoms with Crippen molar-refractivity contribution in [3.05, 3.63) is 35.4 Å². The van der Waals surface area contributed by atoms with Gasteiger partial charge in [0.1, 0.15) is 0 Å². The van der Waals surface area contributed by atoms with Crippen LogP contribution in [0.5, 0.6) is 0 Å². The maximum Gasteiger partial charge on any atom is 0.489 e. The average Bonchev–Trinajstić information content (AvgIpc) is 2.26. The van der Waals surface area contributed by atoms with E-state index in [2.05, 4.69) is 19.9 Å².